The molecule has 4 rings (SSSR count). The molecule has 268 valence electrons. The second kappa shape index (κ2) is 18.2. The minimum Gasteiger partial charge on any atom is -0.444 e. The SMILES string of the molecule is CC(C)(C)OC(=O)OC(=O)OC(C)(C)C.Cc1ccc(I)cc1C1CCCN1.Cc1ccc(I)cc1C1CCCN1C(=O)OC(C)(C)C. The van der Waals surface area contributed by atoms with E-state index in [0.717, 1.165) is 19.4 Å². The van der Waals surface area contributed by atoms with Crippen LogP contribution in [0.15, 0.2) is 36.4 Å². The highest BCUT2D eigenvalue weighted by Crippen LogP contribution is 2.35. The molecule has 2 saturated heterocycles. The molecule has 0 aromatic heterocycles. The zero-order chi connectivity index (χ0) is 36.4. The normalized spacial score (nSPS) is 17.7. The summed E-state index contributed by atoms with van der Waals surface area (Å²) in [7, 11) is 0. The van der Waals surface area contributed by atoms with Gasteiger partial charge in [-0.15, -0.1) is 0 Å². The quantitative estimate of drug-likeness (QED) is 0.138. The molecule has 2 aliphatic heterocycles. The van der Waals surface area contributed by atoms with Crippen molar-refractivity contribution in [3.05, 3.63) is 65.8 Å². The highest BCUT2D eigenvalue weighted by atomic mass is 127. The molecule has 11 heteroatoms. The van der Waals surface area contributed by atoms with E-state index in [1.807, 2.05) is 25.7 Å². The topological polar surface area (TPSA) is 103 Å². The van der Waals surface area contributed by atoms with Gasteiger partial charge in [0.25, 0.3) is 0 Å². The first-order valence-corrected chi connectivity index (χ1v) is 18.6. The Labute approximate surface area is 314 Å². The molecule has 1 amide bonds. The number of aryl methyl sites for hydroxylation is 2. The third-order valence-electron chi connectivity index (χ3n) is 7.10. The fourth-order valence-electron chi connectivity index (χ4n) is 5.15. The molecule has 0 spiro atoms. The molecule has 1 N–H and O–H groups in total. The zero-order valence-electron chi connectivity index (χ0n) is 30.4. The van der Waals surface area contributed by atoms with Crippen molar-refractivity contribution in [3.8, 4) is 0 Å². The summed E-state index contributed by atoms with van der Waals surface area (Å²) in [5.74, 6) is 0. The van der Waals surface area contributed by atoms with Crippen molar-refractivity contribution < 1.29 is 33.3 Å². The van der Waals surface area contributed by atoms with Crippen molar-refractivity contribution in [2.45, 2.75) is 131 Å². The van der Waals surface area contributed by atoms with Crippen molar-refractivity contribution in [1.82, 2.24) is 10.2 Å². The van der Waals surface area contributed by atoms with Crippen LogP contribution in [0.25, 0.3) is 0 Å². The molecular formula is C37H54I2N2O7. The fraction of sp³-hybridized carbons (Fsp3) is 0.595. The number of likely N-dealkylation sites (tertiary alicyclic amines) is 1. The predicted molar refractivity (Wildman–Crippen MR) is 206 cm³/mol. The number of carbonyl (C=O) groups is 3. The molecular weight excluding hydrogens is 838 g/mol. The first-order chi connectivity index (χ1) is 22.0. The van der Waals surface area contributed by atoms with E-state index in [1.165, 1.54) is 48.8 Å². The van der Waals surface area contributed by atoms with Crippen molar-refractivity contribution in [1.29, 1.82) is 0 Å². The minimum absolute atomic E-state index is 0.152. The van der Waals surface area contributed by atoms with Gasteiger partial charge in [-0.25, -0.2) is 14.4 Å². The molecule has 2 heterocycles. The van der Waals surface area contributed by atoms with Gasteiger partial charge in [0.15, 0.2) is 0 Å². The lowest BCUT2D eigenvalue weighted by Gasteiger charge is -2.29. The average molecular weight is 893 g/mol. The number of halogens is 2. The van der Waals surface area contributed by atoms with E-state index in [0.29, 0.717) is 6.04 Å². The lowest BCUT2D eigenvalue weighted by molar-refractivity contribution is -0.0294. The molecule has 48 heavy (non-hydrogen) atoms. The van der Waals surface area contributed by atoms with Crippen molar-refractivity contribution in [3.63, 3.8) is 0 Å². The second-order valence-electron chi connectivity index (χ2n) is 15.0. The molecule has 9 nitrogen and oxygen atoms in total. The van der Waals surface area contributed by atoms with Crippen LogP contribution in [0.5, 0.6) is 0 Å². The Morgan fingerprint density at radius 1 is 0.708 bits per heavy atom. The van der Waals surface area contributed by atoms with Crippen molar-refractivity contribution in [2.75, 3.05) is 13.1 Å². The fourth-order valence-corrected chi connectivity index (χ4v) is 6.18. The summed E-state index contributed by atoms with van der Waals surface area (Å²) in [6.45, 7) is 22.0. The van der Waals surface area contributed by atoms with Gasteiger partial charge in [0, 0.05) is 19.7 Å². The molecule has 2 aromatic carbocycles. The third kappa shape index (κ3) is 15.6. The Kier molecular flexibility index (Phi) is 15.9. The van der Waals surface area contributed by atoms with Crippen LogP contribution in [0.1, 0.15) is 122 Å². The molecule has 2 aromatic rings. The number of amides is 1. The number of carbonyl (C=O) groups excluding carboxylic acids is 3. The Bertz CT molecular complexity index is 1360. The monoisotopic (exact) mass is 892 g/mol. The molecule has 2 unspecified atom stereocenters. The van der Waals surface area contributed by atoms with Gasteiger partial charge in [-0.3, -0.25) is 0 Å². The zero-order valence-corrected chi connectivity index (χ0v) is 34.7. The molecule has 2 aliphatic rings. The summed E-state index contributed by atoms with van der Waals surface area (Å²) < 4.78 is 21.9. The van der Waals surface area contributed by atoms with Crippen LogP contribution >= 0.6 is 45.2 Å². The summed E-state index contributed by atoms with van der Waals surface area (Å²) in [5.41, 5.74) is 3.57. The Morgan fingerprint density at radius 3 is 1.65 bits per heavy atom. The number of hydrogen-bond acceptors (Lipinski definition) is 8. The van der Waals surface area contributed by atoms with E-state index in [2.05, 4.69) is 105 Å². The van der Waals surface area contributed by atoms with Crippen LogP contribution < -0.4 is 5.32 Å². The van der Waals surface area contributed by atoms with E-state index in [9.17, 15) is 14.4 Å². The molecule has 2 fully saturated rings. The molecule has 0 saturated carbocycles. The molecule has 0 aliphatic carbocycles. The van der Waals surface area contributed by atoms with Gasteiger partial charge in [-0.1, -0.05) is 12.1 Å². The Morgan fingerprint density at radius 2 is 1.19 bits per heavy atom. The van der Waals surface area contributed by atoms with Gasteiger partial charge in [-0.05, 0) is 200 Å². The lowest BCUT2D eigenvalue weighted by Crippen LogP contribution is -2.36. The number of nitrogens with zero attached hydrogens (tertiary/aromatic N) is 1. The van der Waals surface area contributed by atoms with E-state index in [1.54, 1.807) is 41.5 Å². The average Bonchev–Trinajstić information content (AvgIpc) is 3.62. The van der Waals surface area contributed by atoms with Crippen LogP contribution in [-0.2, 0) is 18.9 Å². The maximum atomic E-state index is 12.3. The summed E-state index contributed by atoms with van der Waals surface area (Å²) in [6.07, 6.45) is 2.35. The van der Waals surface area contributed by atoms with Crippen molar-refractivity contribution in [2.24, 2.45) is 0 Å². The highest BCUT2D eigenvalue weighted by Gasteiger charge is 2.34. The lowest BCUT2D eigenvalue weighted by atomic mass is 9.99. The minimum atomic E-state index is -1.06. The van der Waals surface area contributed by atoms with Gasteiger partial charge < -0.3 is 29.2 Å². The van der Waals surface area contributed by atoms with Gasteiger partial charge in [0.1, 0.15) is 16.8 Å². The number of rotatable bonds is 2. The van der Waals surface area contributed by atoms with E-state index >= 15 is 0 Å². The summed E-state index contributed by atoms with van der Waals surface area (Å²) in [5, 5.41) is 3.54. The smallest absolute Gasteiger partial charge is 0.444 e. The van der Waals surface area contributed by atoms with Crippen LogP contribution in [0, 0.1) is 21.0 Å². The number of hydrogen-bond donors (Lipinski definition) is 1. The van der Waals surface area contributed by atoms with Crippen LogP contribution in [0.3, 0.4) is 0 Å². The summed E-state index contributed by atoms with van der Waals surface area (Å²) in [4.78, 5) is 36.2. The van der Waals surface area contributed by atoms with E-state index < -0.39 is 29.1 Å². The van der Waals surface area contributed by atoms with Crippen LogP contribution in [-0.4, -0.2) is 53.2 Å². The largest absolute Gasteiger partial charge is 0.519 e. The van der Waals surface area contributed by atoms with Gasteiger partial charge in [0.05, 0.1) is 6.04 Å². The summed E-state index contributed by atoms with van der Waals surface area (Å²) in [6, 6.07) is 13.9. The van der Waals surface area contributed by atoms with Crippen LogP contribution in [0.4, 0.5) is 14.4 Å². The first-order valence-electron chi connectivity index (χ1n) is 16.4. The van der Waals surface area contributed by atoms with Crippen LogP contribution in [0.2, 0.25) is 0 Å². The Hall–Kier alpha value is -2.13. The number of ether oxygens (including phenoxy) is 4. The Balaban J connectivity index is 0.000000257. The van der Waals surface area contributed by atoms with Crippen molar-refractivity contribution >= 4 is 63.6 Å². The highest BCUT2D eigenvalue weighted by molar-refractivity contribution is 14.1. The summed E-state index contributed by atoms with van der Waals surface area (Å²) >= 11 is 4.70. The van der Waals surface area contributed by atoms with Gasteiger partial charge >= 0.3 is 18.4 Å². The standard InChI is InChI=1S/C16H22INO2.C11H14IN.C10H18O5/c1-11-7-8-12(17)10-13(11)14-6-5-9-18(14)15(19)20-16(2,3)4;1-8-4-5-9(12)7-10(8)11-3-2-6-13-11;1-9(2,3)14-7(11)13-8(12)15-10(4,5)6/h7-8,10,14H,5-6,9H2,1-4H3;4-5,7,11,13H,2-3,6H2,1H3;1-6H3. The second-order valence-corrected chi connectivity index (χ2v) is 17.5. The third-order valence-corrected chi connectivity index (χ3v) is 8.45. The molecule has 2 atom stereocenters. The van der Waals surface area contributed by atoms with E-state index in [4.69, 9.17) is 14.2 Å². The molecule has 0 bridgehead atoms. The molecule has 0 radical (unpaired) electrons. The maximum absolute atomic E-state index is 12.3. The van der Waals surface area contributed by atoms with Gasteiger partial charge in [-0.2, -0.15) is 0 Å². The maximum Gasteiger partial charge on any atom is 0.519 e. The van der Waals surface area contributed by atoms with E-state index in [-0.39, 0.29) is 12.1 Å². The predicted octanol–water partition coefficient (Wildman–Crippen LogP) is 10.6. The number of benzene rings is 2. The number of nitrogens with one attached hydrogen (secondary N) is 1. The first kappa shape index (κ1) is 42.0. The van der Waals surface area contributed by atoms with Gasteiger partial charge in [0.2, 0.25) is 0 Å².